The number of halogens is 1. The van der Waals surface area contributed by atoms with Crippen molar-refractivity contribution in [2.45, 2.75) is 57.9 Å². The maximum absolute atomic E-state index is 13.3. The molecule has 1 atom stereocenters. The Morgan fingerprint density at radius 3 is 2.52 bits per heavy atom. The van der Waals surface area contributed by atoms with Crippen molar-refractivity contribution in [1.82, 2.24) is 9.80 Å². The summed E-state index contributed by atoms with van der Waals surface area (Å²) >= 11 is 0. The number of nitrogens with zero attached hydrogens (tertiary/aromatic N) is 2. The fourth-order valence-corrected chi connectivity index (χ4v) is 5.16. The lowest BCUT2D eigenvalue weighted by molar-refractivity contribution is -0.147. The summed E-state index contributed by atoms with van der Waals surface area (Å²) in [5.74, 6) is 0.364. The van der Waals surface area contributed by atoms with Gasteiger partial charge in [-0.1, -0.05) is 31.4 Å². The third-order valence-corrected chi connectivity index (χ3v) is 6.73. The van der Waals surface area contributed by atoms with Gasteiger partial charge >= 0.3 is 0 Å². The SMILES string of the molecule is O=C(C1CCCCC1)N1CC[C@]2(CCCN(Cc3ccc(F)cc3)C2=O)C1. The number of amides is 2. The molecule has 2 amide bonds. The summed E-state index contributed by atoms with van der Waals surface area (Å²) in [7, 11) is 0. The van der Waals surface area contributed by atoms with Gasteiger partial charge in [-0.15, -0.1) is 0 Å². The maximum atomic E-state index is 13.3. The van der Waals surface area contributed by atoms with Gasteiger partial charge in [0.2, 0.25) is 11.8 Å². The number of benzene rings is 1. The summed E-state index contributed by atoms with van der Waals surface area (Å²) in [5, 5.41) is 0. The summed E-state index contributed by atoms with van der Waals surface area (Å²) in [5.41, 5.74) is 0.553. The van der Waals surface area contributed by atoms with Gasteiger partial charge < -0.3 is 9.80 Å². The molecule has 4 rings (SSSR count). The minimum absolute atomic E-state index is 0.169. The molecular formula is C22H29FN2O2. The van der Waals surface area contributed by atoms with Crippen LogP contribution in [0.25, 0.3) is 0 Å². The Hall–Kier alpha value is -1.91. The Balaban J connectivity index is 1.42. The minimum atomic E-state index is -0.400. The third kappa shape index (κ3) is 3.74. The van der Waals surface area contributed by atoms with E-state index >= 15 is 0 Å². The van der Waals surface area contributed by atoms with Gasteiger partial charge in [0.25, 0.3) is 0 Å². The molecule has 0 unspecified atom stereocenters. The van der Waals surface area contributed by atoms with Crippen molar-refractivity contribution in [3.63, 3.8) is 0 Å². The van der Waals surface area contributed by atoms with Crippen LogP contribution in [-0.4, -0.2) is 41.2 Å². The number of carbonyl (C=O) groups excluding carboxylic acids is 2. The van der Waals surface area contributed by atoms with Crippen molar-refractivity contribution >= 4 is 11.8 Å². The first kappa shape index (κ1) is 18.5. The van der Waals surface area contributed by atoms with Crippen molar-refractivity contribution in [3.05, 3.63) is 35.6 Å². The topological polar surface area (TPSA) is 40.6 Å². The van der Waals surface area contributed by atoms with Crippen molar-refractivity contribution < 1.29 is 14.0 Å². The van der Waals surface area contributed by atoms with Crippen LogP contribution >= 0.6 is 0 Å². The number of hydrogen-bond donors (Lipinski definition) is 0. The van der Waals surface area contributed by atoms with Crippen LogP contribution in [-0.2, 0) is 16.1 Å². The number of likely N-dealkylation sites (tertiary alicyclic amines) is 2. The number of rotatable bonds is 3. The maximum Gasteiger partial charge on any atom is 0.230 e. The highest BCUT2D eigenvalue weighted by atomic mass is 19.1. The molecule has 27 heavy (non-hydrogen) atoms. The molecule has 0 radical (unpaired) electrons. The van der Waals surface area contributed by atoms with E-state index in [-0.39, 0.29) is 23.5 Å². The van der Waals surface area contributed by atoms with Gasteiger partial charge in [-0.05, 0) is 49.8 Å². The van der Waals surface area contributed by atoms with Crippen molar-refractivity contribution in [3.8, 4) is 0 Å². The van der Waals surface area contributed by atoms with E-state index in [4.69, 9.17) is 0 Å². The van der Waals surface area contributed by atoms with Gasteiger partial charge in [0.1, 0.15) is 5.82 Å². The zero-order valence-corrected chi connectivity index (χ0v) is 16.0. The van der Waals surface area contributed by atoms with Crippen molar-refractivity contribution in [2.24, 2.45) is 11.3 Å². The molecule has 3 fully saturated rings. The van der Waals surface area contributed by atoms with E-state index in [0.717, 1.165) is 57.1 Å². The summed E-state index contributed by atoms with van der Waals surface area (Å²) in [6.45, 7) is 2.57. The fourth-order valence-electron chi connectivity index (χ4n) is 5.16. The molecule has 1 aliphatic carbocycles. The van der Waals surface area contributed by atoms with E-state index in [0.29, 0.717) is 19.6 Å². The number of carbonyl (C=O) groups is 2. The average molecular weight is 372 g/mol. The Kier molecular flexibility index (Phi) is 5.20. The molecule has 3 aliphatic rings. The largest absolute Gasteiger partial charge is 0.341 e. The molecule has 1 saturated carbocycles. The highest BCUT2D eigenvalue weighted by molar-refractivity contribution is 5.86. The molecule has 2 heterocycles. The summed E-state index contributed by atoms with van der Waals surface area (Å²) in [6, 6.07) is 6.38. The summed E-state index contributed by atoms with van der Waals surface area (Å²) < 4.78 is 13.1. The van der Waals surface area contributed by atoms with Gasteiger partial charge in [-0.3, -0.25) is 9.59 Å². The predicted molar refractivity (Wildman–Crippen MR) is 101 cm³/mol. The van der Waals surface area contributed by atoms with Crippen LogP contribution in [0.5, 0.6) is 0 Å². The average Bonchev–Trinajstić information content (AvgIpc) is 3.12. The molecule has 0 N–H and O–H groups in total. The van der Waals surface area contributed by atoms with Gasteiger partial charge in [-0.2, -0.15) is 0 Å². The summed E-state index contributed by atoms with van der Waals surface area (Å²) in [6.07, 6.45) is 8.19. The van der Waals surface area contributed by atoms with Crippen LogP contribution in [0.2, 0.25) is 0 Å². The lowest BCUT2D eigenvalue weighted by atomic mass is 9.78. The summed E-state index contributed by atoms with van der Waals surface area (Å²) in [4.78, 5) is 30.1. The molecule has 1 spiro atoms. The normalized spacial score (nSPS) is 26.8. The van der Waals surface area contributed by atoms with E-state index in [2.05, 4.69) is 0 Å². The standard InChI is InChI=1S/C22H29FN2O2/c23-19-9-7-17(8-10-19)15-24-13-4-11-22(21(24)27)12-14-25(16-22)20(26)18-5-2-1-3-6-18/h7-10,18H,1-6,11-16H2/t22-/m1/s1. The highest BCUT2D eigenvalue weighted by Gasteiger charge is 2.49. The zero-order valence-electron chi connectivity index (χ0n) is 16.0. The lowest BCUT2D eigenvalue weighted by Gasteiger charge is -2.39. The van der Waals surface area contributed by atoms with E-state index in [9.17, 15) is 14.0 Å². The second-order valence-electron chi connectivity index (χ2n) is 8.58. The first-order valence-corrected chi connectivity index (χ1v) is 10.4. The van der Waals surface area contributed by atoms with Crippen LogP contribution in [0.3, 0.4) is 0 Å². The second-order valence-corrected chi connectivity index (χ2v) is 8.58. The molecule has 0 aromatic heterocycles. The lowest BCUT2D eigenvalue weighted by Crippen LogP contribution is -2.50. The van der Waals surface area contributed by atoms with Crippen LogP contribution in [0.15, 0.2) is 24.3 Å². The van der Waals surface area contributed by atoms with Crippen LogP contribution in [0.4, 0.5) is 4.39 Å². The van der Waals surface area contributed by atoms with E-state index in [1.54, 1.807) is 12.1 Å². The molecule has 0 bridgehead atoms. The zero-order chi connectivity index (χ0) is 18.9. The van der Waals surface area contributed by atoms with Crippen molar-refractivity contribution in [2.75, 3.05) is 19.6 Å². The third-order valence-electron chi connectivity index (χ3n) is 6.73. The smallest absolute Gasteiger partial charge is 0.230 e. The molecule has 5 heteroatoms. The Bertz CT molecular complexity index is 699. The first-order chi connectivity index (χ1) is 13.1. The quantitative estimate of drug-likeness (QED) is 0.811. The molecule has 146 valence electrons. The van der Waals surface area contributed by atoms with Gasteiger partial charge in [0.05, 0.1) is 5.41 Å². The monoisotopic (exact) mass is 372 g/mol. The number of piperidine rings is 1. The van der Waals surface area contributed by atoms with Gasteiger partial charge in [0.15, 0.2) is 0 Å². The molecule has 2 aliphatic heterocycles. The second kappa shape index (κ2) is 7.61. The Labute approximate surface area is 160 Å². The van der Waals surface area contributed by atoms with Gasteiger partial charge in [0, 0.05) is 32.1 Å². The highest BCUT2D eigenvalue weighted by Crippen LogP contribution is 2.41. The Morgan fingerprint density at radius 1 is 1.04 bits per heavy atom. The van der Waals surface area contributed by atoms with E-state index in [1.807, 2.05) is 9.80 Å². The van der Waals surface area contributed by atoms with Crippen LogP contribution in [0.1, 0.15) is 56.9 Å². The predicted octanol–water partition coefficient (Wildman–Crippen LogP) is 3.75. The fraction of sp³-hybridized carbons (Fsp3) is 0.636. The molecule has 2 saturated heterocycles. The van der Waals surface area contributed by atoms with Crippen molar-refractivity contribution in [1.29, 1.82) is 0 Å². The minimum Gasteiger partial charge on any atom is -0.341 e. The van der Waals surface area contributed by atoms with Gasteiger partial charge in [-0.25, -0.2) is 4.39 Å². The molecule has 4 nitrogen and oxygen atoms in total. The molecule has 1 aromatic rings. The van der Waals surface area contributed by atoms with Crippen LogP contribution in [0, 0.1) is 17.2 Å². The number of hydrogen-bond acceptors (Lipinski definition) is 2. The molecular weight excluding hydrogens is 343 g/mol. The van der Waals surface area contributed by atoms with E-state index < -0.39 is 5.41 Å². The molecule has 1 aromatic carbocycles. The first-order valence-electron chi connectivity index (χ1n) is 10.4. The Morgan fingerprint density at radius 2 is 1.78 bits per heavy atom. The van der Waals surface area contributed by atoms with E-state index in [1.165, 1.54) is 18.6 Å². The van der Waals surface area contributed by atoms with Crippen LogP contribution < -0.4 is 0 Å².